The van der Waals surface area contributed by atoms with E-state index in [1.54, 1.807) is 0 Å². The molecule has 1 unspecified atom stereocenters. The fourth-order valence-corrected chi connectivity index (χ4v) is 2.64. The SMILES string of the molecule is [Cl-].[NH3+][C@H]1C(O)O[C@H](CO)[C@@H](O[C@@H]2O[C@H](CO)[C@H](O)[C@H](O)[C@H]2O)[C@@H]1O. The second-order valence-corrected chi connectivity index (χ2v) is 5.70. The number of quaternary nitrogens is 1. The first kappa shape index (κ1) is 21.9. The van der Waals surface area contributed by atoms with E-state index in [9.17, 15) is 30.6 Å². The summed E-state index contributed by atoms with van der Waals surface area (Å²) in [5, 5.41) is 67.5. The molecule has 10 atom stereocenters. The lowest BCUT2D eigenvalue weighted by atomic mass is 9.96. The Bertz CT molecular complexity index is 389. The number of hydrogen-bond acceptors (Lipinski definition) is 10. The minimum Gasteiger partial charge on any atom is -1.00 e. The minimum atomic E-state index is -1.66. The van der Waals surface area contributed by atoms with E-state index >= 15 is 0 Å². The van der Waals surface area contributed by atoms with Gasteiger partial charge in [-0.1, -0.05) is 0 Å². The van der Waals surface area contributed by atoms with Gasteiger partial charge < -0.3 is 68.1 Å². The molecule has 10 N–H and O–H groups in total. The minimum absolute atomic E-state index is 0. The number of rotatable bonds is 4. The van der Waals surface area contributed by atoms with E-state index in [0.29, 0.717) is 0 Å². The quantitative estimate of drug-likeness (QED) is 0.233. The van der Waals surface area contributed by atoms with Gasteiger partial charge in [-0.2, -0.15) is 0 Å². The van der Waals surface area contributed by atoms with Crippen molar-refractivity contribution in [1.82, 2.24) is 0 Å². The van der Waals surface area contributed by atoms with Crippen molar-refractivity contribution < 1.29 is 68.1 Å². The number of aliphatic hydroxyl groups is 7. The highest BCUT2D eigenvalue weighted by Crippen LogP contribution is 2.27. The number of hydrogen-bond donors (Lipinski definition) is 8. The van der Waals surface area contributed by atoms with Crippen molar-refractivity contribution in [2.24, 2.45) is 0 Å². The first-order valence-corrected chi connectivity index (χ1v) is 7.23. The standard InChI is InChI=1S/C12H23NO10.ClH/c13-5-7(17)10(4(2-15)21-11(5)20)23-12-9(19)8(18)6(16)3(1-14)22-12;/h3-12,14-20H,1-2,13H2;1H/t3-,4-,5-,6+,7-,8+,9-,10-,11?,12+;/m1./s1. The highest BCUT2D eigenvalue weighted by molar-refractivity contribution is 4.93. The Hall–Kier alpha value is -0.150. The van der Waals surface area contributed by atoms with Crippen LogP contribution in [0.5, 0.6) is 0 Å². The monoisotopic (exact) mass is 377 g/mol. The van der Waals surface area contributed by atoms with Crippen molar-refractivity contribution in [1.29, 1.82) is 0 Å². The smallest absolute Gasteiger partial charge is 0.211 e. The summed E-state index contributed by atoms with van der Waals surface area (Å²) >= 11 is 0. The van der Waals surface area contributed by atoms with Gasteiger partial charge in [0.1, 0.15) is 42.7 Å². The zero-order valence-electron chi connectivity index (χ0n) is 12.6. The molecule has 0 radical (unpaired) electrons. The molecular weight excluding hydrogens is 354 g/mol. The maximum atomic E-state index is 10.1. The van der Waals surface area contributed by atoms with Crippen LogP contribution in [-0.4, -0.2) is 110 Å². The van der Waals surface area contributed by atoms with E-state index in [2.05, 4.69) is 5.73 Å². The summed E-state index contributed by atoms with van der Waals surface area (Å²) in [6.07, 6.45) is -12.6. The molecule has 144 valence electrons. The summed E-state index contributed by atoms with van der Waals surface area (Å²) < 4.78 is 15.6. The Kier molecular flexibility index (Phi) is 8.19. The summed E-state index contributed by atoms with van der Waals surface area (Å²) in [5.74, 6) is 0. The number of halogens is 1. The van der Waals surface area contributed by atoms with Crippen molar-refractivity contribution >= 4 is 0 Å². The lowest BCUT2D eigenvalue weighted by Gasteiger charge is -2.44. The van der Waals surface area contributed by atoms with Crippen LogP contribution in [0.1, 0.15) is 0 Å². The topological polar surface area (TPSA) is 197 Å². The molecule has 0 aromatic carbocycles. The van der Waals surface area contributed by atoms with Crippen LogP contribution in [0.3, 0.4) is 0 Å². The Labute approximate surface area is 143 Å². The van der Waals surface area contributed by atoms with E-state index in [1.807, 2.05) is 0 Å². The molecule has 2 rings (SSSR count). The molecule has 0 saturated carbocycles. The van der Waals surface area contributed by atoms with E-state index < -0.39 is 74.6 Å². The van der Waals surface area contributed by atoms with Crippen molar-refractivity contribution in [3.63, 3.8) is 0 Å². The van der Waals surface area contributed by atoms with Gasteiger partial charge in [-0.25, -0.2) is 0 Å². The van der Waals surface area contributed by atoms with E-state index in [4.69, 9.17) is 19.3 Å². The zero-order chi connectivity index (χ0) is 17.3. The summed E-state index contributed by atoms with van der Waals surface area (Å²) in [6, 6.07) is -0.979. The molecule has 2 saturated heterocycles. The maximum absolute atomic E-state index is 10.1. The Morgan fingerprint density at radius 2 is 1.38 bits per heavy atom. The Balaban J connectivity index is 0.00000288. The van der Waals surface area contributed by atoms with Gasteiger partial charge in [-0.15, -0.1) is 0 Å². The predicted molar refractivity (Wildman–Crippen MR) is 69.3 cm³/mol. The van der Waals surface area contributed by atoms with Crippen LogP contribution in [-0.2, 0) is 14.2 Å². The molecule has 0 bridgehead atoms. The first-order chi connectivity index (χ1) is 10.8. The molecule has 2 aliphatic rings. The second-order valence-electron chi connectivity index (χ2n) is 5.70. The van der Waals surface area contributed by atoms with Crippen LogP contribution in [0.15, 0.2) is 0 Å². The molecule has 2 aliphatic heterocycles. The molecule has 0 aromatic heterocycles. The van der Waals surface area contributed by atoms with Gasteiger partial charge in [0, 0.05) is 0 Å². The predicted octanol–water partition coefficient (Wildman–Crippen LogP) is -9.14. The zero-order valence-corrected chi connectivity index (χ0v) is 13.4. The van der Waals surface area contributed by atoms with Crippen LogP contribution in [0.2, 0.25) is 0 Å². The van der Waals surface area contributed by atoms with Gasteiger partial charge in [0.25, 0.3) is 0 Å². The number of aliphatic hydroxyl groups excluding tert-OH is 7. The molecule has 0 amide bonds. The first-order valence-electron chi connectivity index (χ1n) is 7.23. The highest BCUT2D eigenvalue weighted by atomic mass is 35.5. The number of ether oxygens (including phenoxy) is 3. The average molecular weight is 378 g/mol. The molecule has 12 heteroatoms. The van der Waals surface area contributed by atoms with Crippen molar-refractivity contribution in [2.75, 3.05) is 13.2 Å². The average Bonchev–Trinajstić information content (AvgIpc) is 2.55. The van der Waals surface area contributed by atoms with E-state index in [1.165, 1.54) is 0 Å². The highest BCUT2D eigenvalue weighted by Gasteiger charge is 2.50. The fourth-order valence-electron chi connectivity index (χ4n) is 2.64. The molecule has 0 spiro atoms. The van der Waals surface area contributed by atoms with E-state index in [0.717, 1.165) is 0 Å². The third kappa shape index (κ3) is 4.15. The Morgan fingerprint density at radius 3 is 1.92 bits per heavy atom. The second kappa shape index (κ2) is 8.98. The summed E-state index contributed by atoms with van der Waals surface area (Å²) in [7, 11) is 0. The summed E-state index contributed by atoms with van der Waals surface area (Å²) in [6.45, 7) is -1.22. The van der Waals surface area contributed by atoms with Gasteiger partial charge in [0.2, 0.25) is 6.29 Å². The summed E-state index contributed by atoms with van der Waals surface area (Å²) in [4.78, 5) is 0. The lowest BCUT2D eigenvalue weighted by Crippen LogP contribution is -3.00. The van der Waals surface area contributed by atoms with Crippen LogP contribution in [0.25, 0.3) is 0 Å². The van der Waals surface area contributed by atoms with Crippen molar-refractivity contribution in [2.45, 2.75) is 61.3 Å². The molecule has 11 nitrogen and oxygen atoms in total. The van der Waals surface area contributed by atoms with E-state index in [-0.39, 0.29) is 12.4 Å². The van der Waals surface area contributed by atoms with Crippen molar-refractivity contribution in [3.05, 3.63) is 0 Å². The molecular formula is C12H24ClNO10. The molecule has 2 fully saturated rings. The van der Waals surface area contributed by atoms with Crippen LogP contribution < -0.4 is 18.1 Å². The van der Waals surface area contributed by atoms with Crippen LogP contribution in [0, 0.1) is 0 Å². The van der Waals surface area contributed by atoms with Gasteiger partial charge in [0.15, 0.2) is 12.3 Å². The maximum Gasteiger partial charge on any atom is 0.211 e. The molecule has 24 heavy (non-hydrogen) atoms. The van der Waals surface area contributed by atoms with Crippen molar-refractivity contribution in [3.8, 4) is 0 Å². The summed E-state index contributed by atoms with van der Waals surface area (Å²) in [5.41, 5.74) is 3.53. The fraction of sp³-hybridized carbons (Fsp3) is 1.00. The lowest BCUT2D eigenvalue weighted by molar-refractivity contribution is -0.502. The Morgan fingerprint density at radius 1 is 0.792 bits per heavy atom. The van der Waals surface area contributed by atoms with Gasteiger partial charge in [0.05, 0.1) is 13.2 Å². The third-order valence-corrected chi connectivity index (χ3v) is 4.14. The van der Waals surface area contributed by atoms with Gasteiger partial charge in [-0.3, -0.25) is 0 Å². The van der Waals surface area contributed by atoms with Crippen LogP contribution >= 0.6 is 0 Å². The molecule has 0 aromatic rings. The van der Waals surface area contributed by atoms with Gasteiger partial charge in [-0.05, 0) is 0 Å². The molecule has 0 aliphatic carbocycles. The van der Waals surface area contributed by atoms with Crippen LogP contribution in [0.4, 0.5) is 0 Å². The normalized spacial score (nSPS) is 49.5. The largest absolute Gasteiger partial charge is 1.00 e. The third-order valence-electron chi connectivity index (χ3n) is 4.14. The van der Waals surface area contributed by atoms with Gasteiger partial charge >= 0.3 is 0 Å². The molecule has 2 heterocycles.